The van der Waals surface area contributed by atoms with Gasteiger partial charge in [-0.05, 0) is 32.3 Å². The number of hydrogen-bond donors (Lipinski definition) is 1. The molecule has 1 N–H and O–H groups in total. The van der Waals surface area contributed by atoms with Crippen LogP contribution in [0.2, 0.25) is 0 Å². The minimum Gasteiger partial charge on any atom is -0.497 e. The van der Waals surface area contributed by atoms with E-state index in [2.05, 4.69) is 0 Å². The number of carboxylic acids is 1. The monoisotopic (exact) mass is 265 g/mol. The first-order valence-electron chi connectivity index (χ1n) is 5.89. The summed E-state index contributed by atoms with van der Waals surface area (Å²) in [4.78, 5) is 12.6. The van der Waals surface area contributed by atoms with Crippen LogP contribution in [0, 0.1) is 0 Å². The second-order valence-corrected chi connectivity index (χ2v) is 4.23. The standard InChI is InChI=1S/C14H19NO4/c1-15(2)8-9-19-13-10-12(18-3)6-4-11(13)5-7-14(16)17/h4-7,10H,8-9H2,1-3H3,(H,16,17)/b7-5+. The van der Waals surface area contributed by atoms with Crippen LogP contribution in [0.4, 0.5) is 0 Å². The Balaban J connectivity index is 2.86. The van der Waals surface area contributed by atoms with Gasteiger partial charge in [0.1, 0.15) is 18.1 Å². The fraction of sp³-hybridized carbons (Fsp3) is 0.357. The first kappa shape index (κ1) is 15.0. The van der Waals surface area contributed by atoms with Gasteiger partial charge < -0.3 is 19.5 Å². The van der Waals surface area contributed by atoms with E-state index in [1.807, 2.05) is 19.0 Å². The van der Waals surface area contributed by atoms with Crippen LogP contribution in [0.15, 0.2) is 24.3 Å². The third kappa shape index (κ3) is 5.44. The Morgan fingerprint density at radius 2 is 2.16 bits per heavy atom. The molecule has 0 radical (unpaired) electrons. The molecule has 0 amide bonds. The molecular weight excluding hydrogens is 246 g/mol. The molecule has 5 nitrogen and oxygen atoms in total. The number of carboxylic acid groups (broad SMARTS) is 1. The van der Waals surface area contributed by atoms with E-state index in [1.165, 1.54) is 6.08 Å². The highest BCUT2D eigenvalue weighted by Gasteiger charge is 2.04. The number of likely N-dealkylation sites (N-methyl/N-ethyl adjacent to an activating group) is 1. The molecule has 0 aliphatic heterocycles. The van der Waals surface area contributed by atoms with Gasteiger partial charge in [0, 0.05) is 24.3 Å². The van der Waals surface area contributed by atoms with Crippen molar-refractivity contribution in [3.8, 4) is 11.5 Å². The zero-order valence-corrected chi connectivity index (χ0v) is 11.4. The smallest absolute Gasteiger partial charge is 0.328 e. The molecule has 0 atom stereocenters. The zero-order chi connectivity index (χ0) is 14.3. The number of aliphatic carboxylic acids is 1. The van der Waals surface area contributed by atoms with Gasteiger partial charge in [-0.2, -0.15) is 0 Å². The summed E-state index contributed by atoms with van der Waals surface area (Å²) in [6.45, 7) is 1.30. The zero-order valence-electron chi connectivity index (χ0n) is 11.4. The van der Waals surface area contributed by atoms with Gasteiger partial charge in [0.25, 0.3) is 0 Å². The lowest BCUT2D eigenvalue weighted by molar-refractivity contribution is -0.131. The van der Waals surface area contributed by atoms with E-state index in [1.54, 1.807) is 25.3 Å². The Hall–Kier alpha value is -2.01. The molecule has 1 aromatic carbocycles. The lowest BCUT2D eigenvalue weighted by atomic mass is 10.1. The normalized spacial score (nSPS) is 10.9. The Morgan fingerprint density at radius 1 is 1.42 bits per heavy atom. The summed E-state index contributed by atoms with van der Waals surface area (Å²) >= 11 is 0. The van der Waals surface area contributed by atoms with Crippen LogP contribution in [-0.4, -0.2) is 50.3 Å². The number of carbonyl (C=O) groups is 1. The van der Waals surface area contributed by atoms with Crippen molar-refractivity contribution < 1.29 is 19.4 Å². The van der Waals surface area contributed by atoms with Gasteiger partial charge in [-0.3, -0.25) is 0 Å². The summed E-state index contributed by atoms with van der Waals surface area (Å²) in [5, 5.41) is 8.66. The summed E-state index contributed by atoms with van der Waals surface area (Å²) in [5.41, 5.74) is 0.710. The van der Waals surface area contributed by atoms with E-state index < -0.39 is 5.97 Å². The molecule has 0 bridgehead atoms. The maximum absolute atomic E-state index is 10.6. The molecule has 1 rings (SSSR count). The fourth-order valence-corrected chi connectivity index (χ4v) is 1.40. The summed E-state index contributed by atoms with van der Waals surface area (Å²) in [5.74, 6) is 0.293. The first-order chi connectivity index (χ1) is 9.02. The molecule has 0 saturated carbocycles. The van der Waals surface area contributed by atoms with Crippen molar-refractivity contribution in [3.05, 3.63) is 29.8 Å². The van der Waals surface area contributed by atoms with Crippen molar-refractivity contribution in [2.75, 3.05) is 34.4 Å². The number of hydrogen-bond acceptors (Lipinski definition) is 4. The summed E-state index contributed by atoms with van der Waals surface area (Å²) < 4.78 is 10.8. The van der Waals surface area contributed by atoms with Crippen molar-refractivity contribution >= 4 is 12.0 Å². The molecule has 0 saturated heterocycles. The Bertz CT molecular complexity index is 455. The van der Waals surface area contributed by atoms with Crippen molar-refractivity contribution in [3.63, 3.8) is 0 Å². The second-order valence-electron chi connectivity index (χ2n) is 4.23. The number of methoxy groups -OCH3 is 1. The molecule has 0 aliphatic rings. The highest BCUT2D eigenvalue weighted by Crippen LogP contribution is 2.26. The maximum Gasteiger partial charge on any atom is 0.328 e. The molecule has 0 spiro atoms. The van der Waals surface area contributed by atoms with Crippen LogP contribution < -0.4 is 9.47 Å². The second kappa shape index (κ2) is 7.43. The number of rotatable bonds is 7. The van der Waals surface area contributed by atoms with Gasteiger partial charge in [-0.1, -0.05) is 0 Å². The molecule has 0 heterocycles. The lowest BCUT2D eigenvalue weighted by Gasteiger charge is -2.13. The van der Waals surface area contributed by atoms with Gasteiger partial charge in [-0.15, -0.1) is 0 Å². The largest absolute Gasteiger partial charge is 0.497 e. The minimum atomic E-state index is -0.991. The number of benzene rings is 1. The molecule has 19 heavy (non-hydrogen) atoms. The molecule has 0 unspecified atom stereocenters. The van der Waals surface area contributed by atoms with E-state index in [4.69, 9.17) is 14.6 Å². The van der Waals surface area contributed by atoms with Crippen LogP contribution in [0.25, 0.3) is 6.08 Å². The minimum absolute atomic E-state index is 0.522. The van der Waals surface area contributed by atoms with Crippen molar-refractivity contribution in [1.82, 2.24) is 4.90 Å². The van der Waals surface area contributed by atoms with Crippen LogP contribution in [-0.2, 0) is 4.79 Å². The lowest BCUT2D eigenvalue weighted by Crippen LogP contribution is -2.19. The first-order valence-corrected chi connectivity index (χ1v) is 5.89. The quantitative estimate of drug-likeness (QED) is 0.761. The SMILES string of the molecule is COc1ccc(/C=C/C(=O)O)c(OCCN(C)C)c1. The van der Waals surface area contributed by atoms with E-state index >= 15 is 0 Å². The van der Waals surface area contributed by atoms with Gasteiger partial charge >= 0.3 is 5.97 Å². The average molecular weight is 265 g/mol. The molecule has 1 aromatic rings. The molecule has 0 fully saturated rings. The summed E-state index contributed by atoms with van der Waals surface area (Å²) in [6, 6.07) is 5.28. The fourth-order valence-electron chi connectivity index (χ4n) is 1.40. The predicted octanol–water partition coefficient (Wildman–Crippen LogP) is 1.73. The van der Waals surface area contributed by atoms with E-state index in [-0.39, 0.29) is 0 Å². The van der Waals surface area contributed by atoms with Crippen molar-refractivity contribution in [1.29, 1.82) is 0 Å². The van der Waals surface area contributed by atoms with Gasteiger partial charge in [-0.25, -0.2) is 4.79 Å². The van der Waals surface area contributed by atoms with E-state index in [0.29, 0.717) is 23.7 Å². The van der Waals surface area contributed by atoms with Crippen LogP contribution >= 0.6 is 0 Å². The predicted molar refractivity (Wildman–Crippen MR) is 73.7 cm³/mol. The third-order valence-corrected chi connectivity index (χ3v) is 2.42. The molecule has 104 valence electrons. The maximum atomic E-state index is 10.6. The van der Waals surface area contributed by atoms with E-state index in [9.17, 15) is 4.79 Å². The molecule has 5 heteroatoms. The third-order valence-electron chi connectivity index (χ3n) is 2.42. The van der Waals surface area contributed by atoms with Crippen molar-refractivity contribution in [2.45, 2.75) is 0 Å². The number of ether oxygens (including phenoxy) is 2. The molecular formula is C14H19NO4. The van der Waals surface area contributed by atoms with Crippen LogP contribution in [0.5, 0.6) is 11.5 Å². The van der Waals surface area contributed by atoms with Gasteiger partial charge in [0.2, 0.25) is 0 Å². The topological polar surface area (TPSA) is 59.0 Å². The molecule has 0 aromatic heterocycles. The van der Waals surface area contributed by atoms with Crippen LogP contribution in [0.3, 0.4) is 0 Å². The molecule has 0 aliphatic carbocycles. The highest BCUT2D eigenvalue weighted by atomic mass is 16.5. The van der Waals surface area contributed by atoms with E-state index in [0.717, 1.165) is 12.6 Å². The Kier molecular flexibility index (Phi) is 5.89. The van der Waals surface area contributed by atoms with Crippen LogP contribution in [0.1, 0.15) is 5.56 Å². The number of nitrogens with zero attached hydrogens (tertiary/aromatic N) is 1. The van der Waals surface area contributed by atoms with Crippen molar-refractivity contribution in [2.24, 2.45) is 0 Å². The summed E-state index contributed by atoms with van der Waals surface area (Å²) in [7, 11) is 5.49. The highest BCUT2D eigenvalue weighted by molar-refractivity contribution is 5.86. The van der Waals surface area contributed by atoms with Gasteiger partial charge in [0.05, 0.1) is 7.11 Å². The van der Waals surface area contributed by atoms with Gasteiger partial charge in [0.15, 0.2) is 0 Å². The Morgan fingerprint density at radius 3 is 2.74 bits per heavy atom. The Labute approximate surface area is 113 Å². The average Bonchev–Trinajstić information content (AvgIpc) is 2.36. The summed E-state index contributed by atoms with van der Waals surface area (Å²) in [6.07, 6.45) is 2.59.